The molecule has 1 amide bonds. The molecule has 130 valence electrons. The molecule has 0 radical (unpaired) electrons. The van der Waals surface area contributed by atoms with Gasteiger partial charge < -0.3 is 14.4 Å². The van der Waals surface area contributed by atoms with Gasteiger partial charge in [0.25, 0.3) is 5.91 Å². The molecule has 0 fully saturated rings. The second-order valence-electron chi connectivity index (χ2n) is 5.79. The fourth-order valence-electron chi connectivity index (χ4n) is 2.74. The van der Waals surface area contributed by atoms with Crippen LogP contribution in [0, 0.1) is 0 Å². The number of para-hydroxylation sites is 1. The SMILES string of the molecule is O=C(/C=C/c1ccc2c(c1)OCO2)N(Cc1cccs1)c1ccccc1. The molecule has 3 aromatic rings. The van der Waals surface area contributed by atoms with E-state index in [0.717, 1.165) is 21.9 Å². The molecular weight excluding hydrogens is 346 g/mol. The zero-order valence-corrected chi connectivity index (χ0v) is 14.8. The van der Waals surface area contributed by atoms with Crippen molar-refractivity contribution < 1.29 is 14.3 Å². The van der Waals surface area contributed by atoms with Crippen molar-refractivity contribution in [3.63, 3.8) is 0 Å². The molecule has 0 unspecified atom stereocenters. The van der Waals surface area contributed by atoms with Gasteiger partial charge in [0.2, 0.25) is 6.79 Å². The lowest BCUT2D eigenvalue weighted by Gasteiger charge is -2.20. The van der Waals surface area contributed by atoms with E-state index in [1.165, 1.54) is 0 Å². The molecule has 1 aliphatic heterocycles. The van der Waals surface area contributed by atoms with E-state index < -0.39 is 0 Å². The molecule has 5 heteroatoms. The molecular formula is C21H17NO3S. The molecule has 2 heterocycles. The first-order valence-electron chi connectivity index (χ1n) is 8.26. The second kappa shape index (κ2) is 7.45. The summed E-state index contributed by atoms with van der Waals surface area (Å²) in [5, 5.41) is 2.02. The van der Waals surface area contributed by atoms with Crippen LogP contribution in [0.15, 0.2) is 72.1 Å². The normalized spacial score (nSPS) is 12.5. The number of hydrogen-bond donors (Lipinski definition) is 0. The highest BCUT2D eigenvalue weighted by molar-refractivity contribution is 7.09. The van der Waals surface area contributed by atoms with Gasteiger partial charge in [-0.3, -0.25) is 4.79 Å². The number of benzene rings is 2. The molecule has 26 heavy (non-hydrogen) atoms. The summed E-state index contributed by atoms with van der Waals surface area (Å²) in [6.45, 7) is 0.788. The summed E-state index contributed by atoms with van der Waals surface area (Å²) in [5.74, 6) is 1.37. The van der Waals surface area contributed by atoms with Gasteiger partial charge in [0, 0.05) is 16.6 Å². The summed E-state index contributed by atoms with van der Waals surface area (Å²) in [4.78, 5) is 15.8. The maximum Gasteiger partial charge on any atom is 0.251 e. The summed E-state index contributed by atoms with van der Waals surface area (Å²) in [6, 6.07) is 19.4. The Morgan fingerprint density at radius 3 is 2.69 bits per heavy atom. The summed E-state index contributed by atoms with van der Waals surface area (Å²) < 4.78 is 10.7. The van der Waals surface area contributed by atoms with Gasteiger partial charge in [-0.15, -0.1) is 11.3 Å². The Morgan fingerprint density at radius 2 is 1.88 bits per heavy atom. The Bertz CT molecular complexity index is 920. The van der Waals surface area contributed by atoms with Gasteiger partial charge in [-0.25, -0.2) is 0 Å². The van der Waals surface area contributed by atoms with Crippen LogP contribution in [0.3, 0.4) is 0 Å². The molecule has 1 aromatic heterocycles. The quantitative estimate of drug-likeness (QED) is 0.616. The van der Waals surface area contributed by atoms with Gasteiger partial charge in [-0.1, -0.05) is 30.3 Å². The van der Waals surface area contributed by atoms with Crippen molar-refractivity contribution in [3.8, 4) is 11.5 Å². The lowest BCUT2D eigenvalue weighted by Crippen LogP contribution is -2.28. The molecule has 0 saturated heterocycles. The van der Waals surface area contributed by atoms with Crippen LogP contribution < -0.4 is 14.4 Å². The number of ether oxygens (including phenoxy) is 2. The third-order valence-corrected chi connectivity index (χ3v) is 4.90. The van der Waals surface area contributed by atoms with Crippen LogP contribution in [0.1, 0.15) is 10.4 Å². The number of anilines is 1. The minimum atomic E-state index is -0.0673. The fourth-order valence-corrected chi connectivity index (χ4v) is 3.43. The monoisotopic (exact) mass is 363 g/mol. The van der Waals surface area contributed by atoms with Gasteiger partial charge in [0.1, 0.15) is 0 Å². The van der Waals surface area contributed by atoms with Crippen LogP contribution >= 0.6 is 11.3 Å². The zero-order chi connectivity index (χ0) is 17.8. The standard InChI is InChI=1S/C21H17NO3S/c23-21(11-9-16-8-10-19-20(13-16)25-15-24-19)22(14-18-7-4-12-26-18)17-5-2-1-3-6-17/h1-13H,14-15H2/b11-9+. The molecule has 0 bridgehead atoms. The van der Waals surface area contributed by atoms with Crippen LogP contribution in [-0.2, 0) is 11.3 Å². The number of nitrogens with zero attached hydrogens (tertiary/aromatic N) is 1. The minimum Gasteiger partial charge on any atom is -0.454 e. The van der Waals surface area contributed by atoms with Crippen LogP contribution in [0.5, 0.6) is 11.5 Å². The van der Waals surface area contributed by atoms with Gasteiger partial charge in [-0.2, -0.15) is 0 Å². The van der Waals surface area contributed by atoms with E-state index >= 15 is 0 Å². The molecule has 0 atom stereocenters. The van der Waals surface area contributed by atoms with Crippen molar-refractivity contribution in [1.29, 1.82) is 0 Å². The summed E-state index contributed by atoms with van der Waals surface area (Å²) in [7, 11) is 0. The smallest absolute Gasteiger partial charge is 0.251 e. The molecule has 0 aliphatic carbocycles. The molecule has 0 N–H and O–H groups in total. The number of amides is 1. The third-order valence-electron chi connectivity index (χ3n) is 4.04. The van der Waals surface area contributed by atoms with E-state index in [4.69, 9.17) is 9.47 Å². The largest absolute Gasteiger partial charge is 0.454 e. The van der Waals surface area contributed by atoms with Gasteiger partial charge in [0.05, 0.1) is 6.54 Å². The van der Waals surface area contributed by atoms with Crippen LogP contribution in [-0.4, -0.2) is 12.7 Å². The number of carbonyl (C=O) groups excluding carboxylic acids is 1. The average Bonchev–Trinajstić information content (AvgIpc) is 3.36. The van der Waals surface area contributed by atoms with Crippen molar-refractivity contribution in [3.05, 3.63) is 82.6 Å². The molecule has 0 spiro atoms. The van der Waals surface area contributed by atoms with E-state index in [1.54, 1.807) is 28.4 Å². The molecule has 1 aliphatic rings. The van der Waals surface area contributed by atoms with Gasteiger partial charge in [0.15, 0.2) is 11.5 Å². The highest BCUT2D eigenvalue weighted by Crippen LogP contribution is 2.32. The zero-order valence-electron chi connectivity index (χ0n) is 14.0. The number of hydrogen-bond acceptors (Lipinski definition) is 4. The number of rotatable bonds is 5. The topological polar surface area (TPSA) is 38.8 Å². The lowest BCUT2D eigenvalue weighted by atomic mass is 10.2. The van der Waals surface area contributed by atoms with E-state index in [0.29, 0.717) is 12.3 Å². The predicted octanol–water partition coefficient (Wildman–Crippen LogP) is 4.72. The van der Waals surface area contributed by atoms with Crippen molar-refractivity contribution in [2.75, 3.05) is 11.7 Å². The van der Waals surface area contributed by atoms with E-state index in [2.05, 4.69) is 0 Å². The summed E-state index contributed by atoms with van der Waals surface area (Å²) in [5.41, 5.74) is 1.77. The van der Waals surface area contributed by atoms with Crippen LogP contribution in [0.4, 0.5) is 5.69 Å². The maximum absolute atomic E-state index is 12.9. The van der Waals surface area contributed by atoms with Crippen LogP contribution in [0.25, 0.3) is 6.08 Å². The highest BCUT2D eigenvalue weighted by atomic mass is 32.1. The Hall–Kier alpha value is -3.05. The maximum atomic E-state index is 12.9. The molecule has 2 aromatic carbocycles. The van der Waals surface area contributed by atoms with E-state index in [-0.39, 0.29) is 12.7 Å². The Morgan fingerprint density at radius 1 is 1.04 bits per heavy atom. The summed E-state index contributed by atoms with van der Waals surface area (Å²) >= 11 is 1.64. The predicted molar refractivity (Wildman–Crippen MR) is 104 cm³/mol. The van der Waals surface area contributed by atoms with Crippen molar-refractivity contribution >= 4 is 29.0 Å². The Balaban J connectivity index is 1.56. The first-order valence-corrected chi connectivity index (χ1v) is 9.14. The lowest BCUT2D eigenvalue weighted by molar-refractivity contribution is -0.114. The highest BCUT2D eigenvalue weighted by Gasteiger charge is 2.15. The van der Waals surface area contributed by atoms with Crippen molar-refractivity contribution in [2.24, 2.45) is 0 Å². The Labute approximate surface area is 155 Å². The fraction of sp³-hybridized carbons (Fsp3) is 0.0952. The molecule has 0 saturated carbocycles. The van der Waals surface area contributed by atoms with Gasteiger partial charge >= 0.3 is 0 Å². The van der Waals surface area contributed by atoms with Crippen molar-refractivity contribution in [1.82, 2.24) is 0 Å². The number of carbonyl (C=O) groups is 1. The van der Waals surface area contributed by atoms with E-state index in [1.807, 2.05) is 66.0 Å². The minimum absolute atomic E-state index is 0.0673. The first kappa shape index (κ1) is 16.4. The third kappa shape index (κ3) is 3.63. The molecule has 4 rings (SSSR count). The summed E-state index contributed by atoms with van der Waals surface area (Å²) in [6.07, 6.45) is 3.40. The van der Waals surface area contributed by atoms with E-state index in [9.17, 15) is 4.79 Å². The average molecular weight is 363 g/mol. The number of thiophene rings is 1. The van der Waals surface area contributed by atoms with Crippen LogP contribution in [0.2, 0.25) is 0 Å². The molecule has 4 nitrogen and oxygen atoms in total. The Kier molecular flexibility index (Phi) is 4.71. The first-order chi connectivity index (χ1) is 12.8. The second-order valence-corrected chi connectivity index (χ2v) is 6.82. The van der Waals surface area contributed by atoms with Crippen molar-refractivity contribution in [2.45, 2.75) is 6.54 Å². The number of fused-ring (bicyclic) bond motifs is 1. The van der Waals surface area contributed by atoms with Gasteiger partial charge in [-0.05, 0) is 47.4 Å².